The van der Waals surface area contributed by atoms with Gasteiger partial charge < -0.3 is 4.84 Å². The molecule has 0 unspecified atom stereocenters. The second-order valence-electron chi connectivity index (χ2n) is 5.52. The molecule has 2 heterocycles. The number of oxime groups is 1. The van der Waals surface area contributed by atoms with Gasteiger partial charge >= 0.3 is 0 Å². The molecule has 0 bridgehead atoms. The van der Waals surface area contributed by atoms with Crippen LogP contribution in [0.25, 0.3) is 4.96 Å². The normalized spacial score (nSPS) is 11.5. The summed E-state index contributed by atoms with van der Waals surface area (Å²) >= 11 is 15.2. The van der Waals surface area contributed by atoms with E-state index in [1.807, 2.05) is 40.2 Å². The minimum Gasteiger partial charge on any atom is -0.391 e. The van der Waals surface area contributed by atoms with Crippen LogP contribution in [0.4, 0.5) is 0 Å². The maximum atomic E-state index is 6.15. The molecule has 2 aromatic carbocycles. The van der Waals surface area contributed by atoms with E-state index in [1.54, 1.807) is 41.4 Å². The maximum Gasteiger partial charge on any atom is 0.195 e. The third kappa shape index (κ3) is 4.30. The van der Waals surface area contributed by atoms with E-state index in [-0.39, 0.29) is 6.61 Å². The number of benzene rings is 2. The lowest BCUT2D eigenvalue weighted by Crippen LogP contribution is -1.93. The van der Waals surface area contributed by atoms with Gasteiger partial charge in [0, 0.05) is 32.1 Å². The number of imidazole rings is 1. The molecule has 8 heteroatoms. The van der Waals surface area contributed by atoms with Gasteiger partial charge in [-0.25, -0.2) is 4.98 Å². The van der Waals surface area contributed by atoms with Crippen LogP contribution < -0.4 is 0 Å². The number of hydrogen-bond donors (Lipinski definition) is 0. The molecule has 0 saturated carbocycles. The molecular weight excluding hydrogens is 421 g/mol. The van der Waals surface area contributed by atoms with Crippen molar-refractivity contribution in [2.45, 2.75) is 16.5 Å². The first-order chi connectivity index (χ1) is 13.2. The number of thiazole rings is 1. The van der Waals surface area contributed by atoms with Crippen LogP contribution in [0.1, 0.15) is 11.3 Å². The second-order valence-corrected chi connectivity index (χ2v) is 8.30. The number of hydrogen-bond acceptors (Lipinski definition) is 5. The Kier molecular flexibility index (Phi) is 5.69. The maximum absolute atomic E-state index is 6.15. The summed E-state index contributed by atoms with van der Waals surface area (Å²) in [6.45, 7) is 0.263. The quantitative estimate of drug-likeness (QED) is 0.260. The summed E-state index contributed by atoms with van der Waals surface area (Å²) in [6, 6.07) is 15.4. The molecule has 0 fully saturated rings. The minimum absolute atomic E-state index is 0.263. The highest BCUT2D eigenvalue weighted by Gasteiger charge is 2.13. The van der Waals surface area contributed by atoms with Crippen molar-refractivity contribution in [2.75, 3.05) is 0 Å². The van der Waals surface area contributed by atoms with Crippen LogP contribution in [-0.4, -0.2) is 15.6 Å². The van der Waals surface area contributed by atoms with Gasteiger partial charge in [-0.2, -0.15) is 0 Å². The van der Waals surface area contributed by atoms with Crippen molar-refractivity contribution in [1.29, 1.82) is 0 Å². The first kappa shape index (κ1) is 18.4. The fourth-order valence-electron chi connectivity index (χ4n) is 2.41. The highest BCUT2D eigenvalue weighted by molar-refractivity contribution is 7.99. The number of rotatable bonds is 6. The first-order valence-electron chi connectivity index (χ1n) is 7.98. The van der Waals surface area contributed by atoms with Crippen molar-refractivity contribution < 1.29 is 4.84 Å². The van der Waals surface area contributed by atoms with Gasteiger partial charge in [-0.1, -0.05) is 64.4 Å². The Morgan fingerprint density at radius 2 is 2.04 bits per heavy atom. The number of halogens is 2. The van der Waals surface area contributed by atoms with E-state index >= 15 is 0 Å². The Morgan fingerprint density at radius 3 is 2.85 bits per heavy atom. The average molecular weight is 434 g/mol. The smallest absolute Gasteiger partial charge is 0.195 e. The lowest BCUT2D eigenvalue weighted by molar-refractivity contribution is 0.132. The van der Waals surface area contributed by atoms with Crippen LogP contribution in [0.15, 0.2) is 75.2 Å². The zero-order valence-corrected chi connectivity index (χ0v) is 17.0. The van der Waals surface area contributed by atoms with Gasteiger partial charge in [0.25, 0.3) is 0 Å². The second kappa shape index (κ2) is 8.35. The molecule has 4 nitrogen and oxygen atoms in total. The Bertz CT molecular complexity index is 1090. The molecule has 0 saturated heterocycles. The van der Waals surface area contributed by atoms with Gasteiger partial charge in [0.15, 0.2) is 4.96 Å². The zero-order chi connectivity index (χ0) is 18.6. The molecule has 27 heavy (non-hydrogen) atoms. The van der Waals surface area contributed by atoms with Crippen molar-refractivity contribution in [3.8, 4) is 0 Å². The first-order valence-corrected chi connectivity index (χ1v) is 10.4. The molecule has 0 aliphatic carbocycles. The van der Waals surface area contributed by atoms with E-state index in [1.165, 1.54) is 0 Å². The minimum atomic E-state index is 0.263. The molecule has 2 aromatic heterocycles. The molecule has 4 aromatic rings. The Hall–Kier alpha value is -1.99. The standard InChI is InChI=1S/C19H13Cl2N3OS2/c20-14-7-6-13(16(21)10-14)12-25-22-11-17-18(23-19-24(17)8-9-26-19)27-15-4-2-1-3-5-15/h1-11H,12H2/b22-11+. The monoisotopic (exact) mass is 433 g/mol. The molecule has 0 aliphatic heterocycles. The molecule has 0 spiro atoms. The van der Waals surface area contributed by atoms with Crippen LogP contribution in [0.3, 0.4) is 0 Å². The largest absolute Gasteiger partial charge is 0.391 e. The fraction of sp³-hybridized carbons (Fsp3) is 0.0526. The van der Waals surface area contributed by atoms with E-state index < -0.39 is 0 Å². The third-order valence-corrected chi connectivity index (χ3v) is 6.05. The van der Waals surface area contributed by atoms with Gasteiger partial charge in [0.2, 0.25) is 0 Å². The average Bonchev–Trinajstić information content (AvgIpc) is 3.23. The van der Waals surface area contributed by atoms with Gasteiger partial charge in [0.1, 0.15) is 17.3 Å². The summed E-state index contributed by atoms with van der Waals surface area (Å²) < 4.78 is 2.00. The predicted molar refractivity (Wildman–Crippen MR) is 112 cm³/mol. The van der Waals surface area contributed by atoms with E-state index in [2.05, 4.69) is 17.3 Å². The summed E-state index contributed by atoms with van der Waals surface area (Å²) in [6.07, 6.45) is 3.65. The van der Waals surface area contributed by atoms with Crippen LogP contribution in [-0.2, 0) is 11.4 Å². The highest BCUT2D eigenvalue weighted by Crippen LogP contribution is 2.31. The van der Waals surface area contributed by atoms with Crippen molar-refractivity contribution in [3.63, 3.8) is 0 Å². The van der Waals surface area contributed by atoms with E-state index in [9.17, 15) is 0 Å². The Balaban J connectivity index is 1.52. The number of nitrogens with zero attached hydrogens (tertiary/aromatic N) is 3. The Labute approximate surface area is 174 Å². The van der Waals surface area contributed by atoms with Crippen LogP contribution in [0, 0.1) is 0 Å². The van der Waals surface area contributed by atoms with Gasteiger partial charge in [-0.3, -0.25) is 4.40 Å². The van der Waals surface area contributed by atoms with Crippen molar-refractivity contribution in [2.24, 2.45) is 5.16 Å². The molecular formula is C19H13Cl2N3OS2. The lowest BCUT2D eigenvalue weighted by Gasteiger charge is -2.03. The van der Waals surface area contributed by atoms with Crippen molar-refractivity contribution in [3.05, 3.63) is 81.4 Å². The molecule has 0 aliphatic rings. The van der Waals surface area contributed by atoms with Crippen LogP contribution in [0.2, 0.25) is 10.0 Å². The fourth-order valence-corrected chi connectivity index (χ4v) is 4.55. The number of aromatic nitrogens is 2. The summed E-state index contributed by atoms with van der Waals surface area (Å²) in [5.74, 6) is 0. The summed E-state index contributed by atoms with van der Waals surface area (Å²) in [5, 5.41) is 8.14. The molecule has 0 N–H and O–H groups in total. The summed E-state index contributed by atoms with van der Waals surface area (Å²) in [7, 11) is 0. The van der Waals surface area contributed by atoms with Crippen LogP contribution in [0.5, 0.6) is 0 Å². The SMILES string of the molecule is Clc1ccc(CO/N=C/c2c(Sc3ccccc3)nc3sccn23)c(Cl)c1. The van der Waals surface area contributed by atoms with E-state index in [0.717, 1.165) is 26.1 Å². The molecule has 136 valence electrons. The zero-order valence-electron chi connectivity index (χ0n) is 13.9. The van der Waals surface area contributed by atoms with E-state index in [4.69, 9.17) is 33.0 Å². The van der Waals surface area contributed by atoms with E-state index in [0.29, 0.717) is 10.0 Å². The highest BCUT2D eigenvalue weighted by atomic mass is 35.5. The molecule has 0 atom stereocenters. The molecule has 0 radical (unpaired) electrons. The third-order valence-electron chi connectivity index (χ3n) is 3.71. The van der Waals surface area contributed by atoms with Gasteiger partial charge in [-0.05, 0) is 24.3 Å². The summed E-state index contributed by atoms with van der Waals surface area (Å²) in [4.78, 5) is 12.2. The topological polar surface area (TPSA) is 38.9 Å². The number of fused-ring (bicyclic) bond motifs is 1. The van der Waals surface area contributed by atoms with Gasteiger partial charge in [-0.15, -0.1) is 11.3 Å². The molecule has 4 rings (SSSR count). The van der Waals surface area contributed by atoms with Crippen molar-refractivity contribution in [1.82, 2.24) is 9.38 Å². The predicted octanol–water partition coefficient (Wildman–Crippen LogP) is 6.40. The Morgan fingerprint density at radius 1 is 1.19 bits per heavy atom. The van der Waals surface area contributed by atoms with Crippen LogP contribution >= 0.6 is 46.3 Å². The lowest BCUT2D eigenvalue weighted by atomic mass is 10.2. The molecule has 0 amide bonds. The van der Waals surface area contributed by atoms with Crippen molar-refractivity contribution >= 4 is 57.5 Å². The van der Waals surface area contributed by atoms with Gasteiger partial charge in [0.05, 0.1) is 6.21 Å². The summed E-state index contributed by atoms with van der Waals surface area (Å²) in [5.41, 5.74) is 1.70.